The minimum absolute atomic E-state index is 0.907. The quantitative estimate of drug-likeness (QED) is 0.201. The molecule has 0 fully saturated rings. The number of anilines is 6. The van der Waals surface area contributed by atoms with Crippen molar-refractivity contribution in [3.8, 4) is 11.1 Å². The van der Waals surface area contributed by atoms with Crippen LogP contribution in [0.4, 0.5) is 34.1 Å². The van der Waals surface area contributed by atoms with Gasteiger partial charge in [-0.1, -0.05) is 66.7 Å². The lowest BCUT2D eigenvalue weighted by Crippen LogP contribution is -2.12. The normalized spacial score (nSPS) is 11.6. The van der Waals surface area contributed by atoms with Crippen molar-refractivity contribution in [3.05, 3.63) is 167 Å². The molecule has 2 nitrogen and oxygen atoms in total. The summed E-state index contributed by atoms with van der Waals surface area (Å²) >= 11 is 0. The van der Waals surface area contributed by atoms with Crippen molar-refractivity contribution in [2.75, 3.05) is 9.80 Å². The Labute approximate surface area is 255 Å². The Morgan fingerprint density at radius 3 is 1.33 bits per heavy atom. The fourth-order valence-corrected chi connectivity index (χ4v) is 6.46. The van der Waals surface area contributed by atoms with E-state index in [0.717, 1.165) is 6.42 Å². The largest absolute Gasteiger partial charge is 0.310 e. The van der Waals surface area contributed by atoms with E-state index in [4.69, 9.17) is 0 Å². The minimum Gasteiger partial charge on any atom is -0.310 e. The Bertz CT molecular complexity index is 1880. The van der Waals surface area contributed by atoms with Crippen molar-refractivity contribution < 1.29 is 0 Å². The zero-order chi connectivity index (χ0) is 29.5. The van der Waals surface area contributed by atoms with E-state index in [1.165, 1.54) is 78.6 Å². The molecule has 2 heteroatoms. The van der Waals surface area contributed by atoms with Crippen molar-refractivity contribution in [2.24, 2.45) is 0 Å². The van der Waals surface area contributed by atoms with E-state index in [9.17, 15) is 0 Å². The van der Waals surface area contributed by atoms with E-state index >= 15 is 0 Å². The Morgan fingerprint density at radius 2 is 0.837 bits per heavy atom. The maximum absolute atomic E-state index is 2.43. The Kier molecular flexibility index (Phi) is 6.83. The summed E-state index contributed by atoms with van der Waals surface area (Å²) in [5.74, 6) is 0. The summed E-state index contributed by atoms with van der Waals surface area (Å²) in [6, 6.07) is 49.0. The van der Waals surface area contributed by atoms with Crippen LogP contribution < -0.4 is 9.80 Å². The Balaban J connectivity index is 1.38. The third-order valence-electron chi connectivity index (χ3n) is 8.44. The number of nitrogens with zero attached hydrogens (tertiary/aromatic N) is 2. The van der Waals surface area contributed by atoms with Crippen molar-refractivity contribution in [1.82, 2.24) is 0 Å². The summed E-state index contributed by atoms with van der Waals surface area (Å²) in [4.78, 5) is 4.81. The number of benzene rings is 6. The molecule has 0 N–H and O–H groups in total. The Morgan fingerprint density at radius 1 is 0.395 bits per heavy atom. The molecule has 6 aromatic carbocycles. The van der Waals surface area contributed by atoms with Gasteiger partial charge in [-0.15, -0.1) is 0 Å². The van der Waals surface area contributed by atoms with Crippen molar-refractivity contribution in [3.63, 3.8) is 0 Å². The third-order valence-corrected chi connectivity index (χ3v) is 8.44. The lowest BCUT2D eigenvalue weighted by atomic mass is 10.0. The van der Waals surface area contributed by atoms with E-state index < -0.39 is 0 Å². The van der Waals surface area contributed by atoms with Crippen LogP contribution in [-0.4, -0.2) is 0 Å². The molecule has 1 aliphatic carbocycles. The third kappa shape index (κ3) is 5.10. The molecule has 0 saturated carbocycles. The molecule has 0 unspecified atom stereocenters. The maximum Gasteiger partial charge on any atom is 0.0503 e. The lowest BCUT2D eigenvalue weighted by Gasteiger charge is -2.28. The molecule has 0 radical (unpaired) electrons. The fraction of sp³-hybridized carbons (Fsp3) is 0.122. The minimum atomic E-state index is 0.907. The first kappa shape index (κ1) is 26.8. The van der Waals surface area contributed by atoms with Crippen LogP contribution in [0.15, 0.2) is 133 Å². The first-order chi connectivity index (χ1) is 20.9. The van der Waals surface area contributed by atoms with Crippen LogP contribution in [0.25, 0.3) is 11.1 Å². The number of hydrogen-bond acceptors (Lipinski definition) is 2. The van der Waals surface area contributed by atoms with Crippen molar-refractivity contribution >= 4 is 34.1 Å². The van der Waals surface area contributed by atoms with Gasteiger partial charge in [0.05, 0.1) is 5.69 Å². The van der Waals surface area contributed by atoms with Gasteiger partial charge < -0.3 is 9.80 Å². The van der Waals surface area contributed by atoms with Gasteiger partial charge in [0.2, 0.25) is 0 Å². The second-order valence-electron chi connectivity index (χ2n) is 11.8. The molecular weight excluding hydrogens is 520 g/mol. The highest BCUT2D eigenvalue weighted by atomic mass is 15.1. The van der Waals surface area contributed by atoms with Gasteiger partial charge in [-0.25, -0.2) is 0 Å². The molecule has 0 bridgehead atoms. The van der Waals surface area contributed by atoms with Crippen molar-refractivity contribution in [1.29, 1.82) is 0 Å². The van der Waals surface area contributed by atoms with Gasteiger partial charge in [-0.05, 0) is 139 Å². The van der Waals surface area contributed by atoms with Crippen LogP contribution in [0.2, 0.25) is 0 Å². The predicted molar refractivity (Wildman–Crippen MR) is 183 cm³/mol. The monoisotopic (exact) mass is 556 g/mol. The molecule has 210 valence electrons. The lowest BCUT2D eigenvalue weighted by molar-refractivity contribution is 1.19. The van der Waals surface area contributed by atoms with Gasteiger partial charge in [-0.2, -0.15) is 0 Å². The average Bonchev–Trinajstić information content (AvgIpc) is 3.37. The summed E-state index contributed by atoms with van der Waals surface area (Å²) in [6.07, 6.45) is 0.907. The number of aryl methyl sites for hydroxylation is 4. The molecule has 1 aliphatic rings. The first-order valence-electron chi connectivity index (χ1n) is 15.1. The summed E-state index contributed by atoms with van der Waals surface area (Å²) in [6.45, 7) is 8.65. The molecular formula is C41H36N2. The van der Waals surface area contributed by atoms with Gasteiger partial charge in [0.1, 0.15) is 0 Å². The number of hydrogen-bond donors (Lipinski definition) is 0. The zero-order valence-corrected chi connectivity index (χ0v) is 25.3. The molecule has 0 amide bonds. The van der Waals surface area contributed by atoms with E-state index in [-0.39, 0.29) is 0 Å². The van der Waals surface area contributed by atoms with E-state index in [1.54, 1.807) is 0 Å². The molecule has 0 atom stereocenters. The highest BCUT2D eigenvalue weighted by Crippen LogP contribution is 2.48. The predicted octanol–water partition coefficient (Wildman–Crippen LogP) is 11.4. The van der Waals surface area contributed by atoms with Gasteiger partial charge in [0, 0.05) is 34.9 Å². The van der Waals surface area contributed by atoms with Crippen LogP contribution >= 0.6 is 0 Å². The smallest absolute Gasteiger partial charge is 0.0503 e. The number of fused-ring (bicyclic) bond motifs is 3. The second-order valence-corrected chi connectivity index (χ2v) is 11.8. The summed E-state index contributed by atoms with van der Waals surface area (Å²) < 4.78 is 0. The van der Waals surface area contributed by atoms with Gasteiger partial charge in [0.15, 0.2) is 0 Å². The second kappa shape index (κ2) is 11.0. The van der Waals surface area contributed by atoms with Gasteiger partial charge in [0.25, 0.3) is 0 Å². The highest BCUT2D eigenvalue weighted by Gasteiger charge is 2.26. The average molecular weight is 557 g/mol. The summed E-state index contributed by atoms with van der Waals surface area (Å²) in [7, 11) is 0. The topological polar surface area (TPSA) is 6.48 Å². The van der Waals surface area contributed by atoms with E-state index in [1.807, 2.05) is 0 Å². The molecule has 6 aromatic rings. The molecule has 0 aromatic heterocycles. The molecule has 0 aliphatic heterocycles. The SMILES string of the molecule is Cc1cccc(N(c2cccc(C)c2)c2ccc3c(c2)-c2cccc(N(c4cccc(C)c4)c4cccc(C)c4)c2C3)c1. The van der Waals surface area contributed by atoms with Crippen LogP contribution in [0.1, 0.15) is 33.4 Å². The summed E-state index contributed by atoms with van der Waals surface area (Å²) in [5, 5.41) is 0. The van der Waals surface area contributed by atoms with Crippen molar-refractivity contribution in [2.45, 2.75) is 34.1 Å². The maximum atomic E-state index is 2.43. The molecule has 0 saturated heterocycles. The van der Waals surface area contributed by atoms with Crippen LogP contribution in [0.5, 0.6) is 0 Å². The standard InChI is InChI=1S/C41H36N2/c1-28-10-5-14-33(22-28)42(34-15-6-11-29(2)23-34)37-21-20-32-26-40-38(39(32)27-37)18-9-19-41(40)43(35-16-7-12-30(3)24-35)36-17-8-13-31(4)25-36/h5-25,27H,26H2,1-4H3. The van der Waals surface area contributed by atoms with Crippen LogP contribution in [0, 0.1) is 27.7 Å². The highest BCUT2D eigenvalue weighted by molar-refractivity contribution is 5.90. The fourth-order valence-electron chi connectivity index (χ4n) is 6.46. The van der Waals surface area contributed by atoms with Gasteiger partial charge >= 0.3 is 0 Å². The first-order valence-corrected chi connectivity index (χ1v) is 15.1. The van der Waals surface area contributed by atoms with E-state index in [0.29, 0.717) is 0 Å². The summed E-state index contributed by atoms with van der Waals surface area (Å²) in [5.41, 5.74) is 17.5. The Hall–Kier alpha value is -5.08. The zero-order valence-electron chi connectivity index (χ0n) is 25.3. The molecule has 0 spiro atoms. The van der Waals surface area contributed by atoms with E-state index in [2.05, 4.69) is 171 Å². The van der Waals surface area contributed by atoms with Crippen LogP contribution in [-0.2, 0) is 6.42 Å². The molecule has 43 heavy (non-hydrogen) atoms. The van der Waals surface area contributed by atoms with Gasteiger partial charge in [-0.3, -0.25) is 0 Å². The molecule has 7 rings (SSSR count). The number of rotatable bonds is 6. The molecule has 0 heterocycles. The van der Waals surface area contributed by atoms with Crippen LogP contribution in [0.3, 0.4) is 0 Å².